The monoisotopic (exact) mass is 284 g/mol. The van der Waals surface area contributed by atoms with Crippen molar-refractivity contribution in [2.24, 2.45) is 0 Å². The van der Waals surface area contributed by atoms with Crippen LogP contribution in [0.25, 0.3) is 10.2 Å². The predicted molar refractivity (Wildman–Crippen MR) is 77.7 cm³/mol. The van der Waals surface area contributed by atoms with Crippen LogP contribution in [0.15, 0.2) is 54.6 Å². The number of hydrogen-bond acceptors (Lipinski definition) is 4. The average molecular weight is 284 g/mol. The molecule has 0 bridgehead atoms. The third-order valence-corrected chi connectivity index (χ3v) is 3.84. The van der Waals surface area contributed by atoms with Gasteiger partial charge in [-0.3, -0.25) is 5.41 Å². The van der Waals surface area contributed by atoms with Crippen molar-refractivity contribution < 1.29 is 9.53 Å². The molecule has 20 heavy (non-hydrogen) atoms. The van der Waals surface area contributed by atoms with E-state index in [1.165, 1.54) is 15.9 Å². The smallest absolute Gasteiger partial charge is 0.421 e. The number of ether oxygens (including phenoxy) is 1. The summed E-state index contributed by atoms with van der Waals surface area (Å²) >= 11 is 1.26. The number of rotatable bonds is 2. The molecule has 1 aromatic heterocycles. The topological polar surface area (TPSA) is 55.1 Å². The van der Waals surface area contributed by atoms with Crippen LogP contribution in [0.1, 0.15) is 5.56 Å². The van der Waals surface area contributed by atoms with Gasteiger partial charge in [0.1, 0.15) is 6.61 Å². The Kier molecular flexibility index (Phi) is 3.35. The van der Waals surface area contributed by atoms with Crippen LogP contribution in [0.2, 0.25) is 0 Å². The predicted octanol–water partition coefficient (Wildman–Crippen LogP) is 3.37. The molecular formula is C15H12N2O2S. The van der Waals surface area contributed by atoms with Crippen molar-refractivity contribution >= 4 is 27.6 Å². The molecule has 0 saturated heterocycles. The minimum absolute atomic E-state index is 0.171. The summed E-state index contributed by atoms with van der Waals surface area (Å²) < 4.78 is 7.46. The summed E-state index contributed by atoms with van der Waals surface area (Å²) in [6.45, 7) is 0.205. The van der Waals surface area contributed by atoms with Crippen molar-refractivity contribution in [2.45, 2.75) is 6.61 Å². The van der Waals surface area contributed by atoms with Gasteiger partial charge in [-0.1, -0.05) is 53.8 Å². The van der Waals surface area contributed by atoms with Gasteiger partial charge in [-0.15, -0.1) is 0 Å². The maximum absolute atomic E-state index is 12.1. The highest BCUT2D eigenvalue weighted by atomic mass is 32.1. The zero-order chi connectivity index (χ0) is 13.9. The molecular weight excluding hydrogens is 272 g/mol. The van der Waals surface area contributed by atoms with Gasteiger partial charge in [-0.25, -0.2) is 9.36 Å². The first-order chi connectivity index (χ1) is 9.75. The third-order valence-electron chi connectivity index (χ3n) is 2.90. The molecule has 0 spiro atoms. The second-order valence-corrected chi connectivity index (χ2v) is 5.28. The van der Waals surface area contributed by atoms with E-state index >= 15 is 0 Å². The van der Waals surface area contributed by atoms with Crippen molar-refractivity contribution in [3.8, 4) is 0 Å². The molecule has 1 heterocycles. The number of benzene rings is 2. The van der Waals surface area contributed by atoms with Gasteiger partial charge in [0.25, 0.3) is 0 Å². The number of para-hydroxylation sites is 1. The van der Waals surface area contributed by atoms with Gasteiger partial charge in [0, 0.05) is 0 Å². The first kappa shape index (κ1) is 12.6. The van der Waals surface area contributed by atoms with E-state index in [2.05, 4.69) is 0 Å². The second-order valence-electron chi connectivity index (χ2n) is 4.25. The Labute approximate surface area is 119 Å². The molecule has 0 radical (unpaired) electrons. The number of aromatic nitrogens is 1. The van der Waals surface area contributed by atoms with Crippen LogP contribution < -0.4 is 4.80 Å². The lowest BCUT2D eigenvalue weighted by molar-refractivity contribution is 0.141. The van der Waals surface area contributed by atoms with E-state index in [1.54, 1.807) is 0 Å². The fourth-order valence-corrected chi connectivity index (χ4v) is 2.84. The van der Waals surface area contributed by atoms with Gasteiger partial charge in [-0.05, 0) is 17.7 Å². The maximum atomic E-state index is 12.1. The van der Waals surface area contributed by atoms with E-state index in [1.807, 2.05) is 54.6 Å². The summed E-state index contributed by atoms with van der Waals surface area (Å²) in [4.78, 5) is 12.3. The summed E-state index contributed by atoms with van der Waals surface area (Å²) in [6, 6.07) is 16.9. The van der Waals surface area contributed by atoms with Gasteiger partial charge in [0.2, 0.25) is 0 Å². The fraction of sp³-hybridized carbons (Fsp3) is 0.0667. The lowest BCUT2D eigenvalue weighted by atomic mass is 10.2. The van der Waals surface area contributed by atoms with Gasteiger partial charge in [0.15, 0.2) is 4.80 Å². The number of thiazole rings is 1. The van der Waals surface area contributed by atoms with E-state index in [9.17, 15) is 4.79 Å². The molecule has 0 atom stereocenters. The molecule has 1 N–H and O–H groups in total. The molecule has 100 valence electrons. The molecule has 0 saturated carbocycles. The molecule has 2 aromatic carbocycles. The summed E-state index contributed by atoms with van der Waals surface area (Å²) in [6.07, 6.45) is -0.517. The van der Waals surface area contributed by atoms with Gasteiger partial charge < -0.3 is 4.74 Å². The Bertz CT molecular complexity index is 805. The Morgan fingerprint density at radius 2 is 1.80 bits per heavy atom. The van der Waals surface area contributed by atoms with Crippen molar-refractivity contribution in [2.75, 3.05) is 0 Å². The summed E-state index contributed by atoms with van der Waals surface area (Å²) in [7, 11) is 0. The molecule has 0 aliphatic heterocycles. The largest absolute Gasteiger partial charge is 0.444 e. The van der Waals surface area contributed by atoms with Crippen LogP contribution in [0.3, 0.4) is 0 Å². The number of hydrogen-bond donors (Lipinski definition) is 1. The Morgan fingerprint density at radius 1 is 1.10 bits per heavy atom. The summed E-state index contributed by atoms with van der Waals surface area (Å²) in [5.41, 5.74) is 1.63. The first-order valence-corrected chi connectivity index (χ1v) is 6.93. The molecule has 0 amide bonds. The lowest BCUT2D eigenvalue weighted by Crippen LogP contribution is -2.23. The van der Waals surface area contributed by atoms with Crippen molar-refractivity contribution in [1.29, 1.82) is 5.41 Å². The minimum Gasteiger partial charge on any atom is -0.444 e. The molecule has 0 unspecified atom stereocenters. The number of nitrogens with zero attached hydrogens (tertiary/aromatic N) is 1. The highest BCUT2D eigenvalue weighted by Crippen LogP contribution is 2.16. The van der Waals surface area contributed by atoms with Crippen molar-refractivity contribution in [3.63, 3.8) is 0 Å². The summed E-state index contributed by atoms with van der Waals surface area (Å²) in [5, 5.41) is 7.89. The Hall–Kier alpha value is -2.40. The average Bonchev–Trinajstić information content (AvgIpc) is 2.82. The quantitative estimate of drug-likeness (QED) is 0.784. The first-order valence-electron chi connectivity index (χ1n) is 6.12. The number of nitrogens with one attached hydrogen (secondary N) is 1. The molecule has 0 fully saturated rings. The summed E-state index contributed by atoms with van der Waals surface area (Å²) in [5.74, 6) is 0. The second kappa shape index (κ2) is 5.30. The molecule has 3 aromatic rings. The van der Waals surface area contributed by atoms with E-state index in [-0.39, 0.29) is 11.4 Å². The van der Waals surface area contributed by atoms with E-state index in [0.29, 0.717) is 5.52 Å². The highest BCUT2D eigenvalue weighted by molar-refractivity contribution is 7.16. The van der Waals surface area contributed by atoms with E-state index in [0.717, 1.165) is 10.3 Å². The van der Waals surface area contributed by atoms with Crippen LogP contribution in [0, 0.1) is 5.41 Å². The SMILES string of the molecule is N=c1sc2ccccc2n1C(=O)OCc1ccccc1. The van der Waals surface area contributed by atoms with E-state index in [4.69, 9.17) is 10.1 Å². The number of fused-ring (bicyclic) bond motifs is 1. The van der Waals surface area contributed by atoms with Gasteiger partial charge in [-0.2, -0.15) is 0 Å². The van der Waals surface area contributed by atoms with Gasteiger partial charge >= 0.3 is 6.09 Å². The third kappa shape index (κ3) is 2.35. The van der Waals surface area contributed by atoms with Crippen molar-refractivity contribution in [3.05, 3.63) is 65.0 Å². The molecule has 3 rings (SSSR count). The molecule has 0 aliphatic rings. The molecule has 5 heteroatoms. The Balaban J connectivity index is 1.86. The van der Waals surface area contributed by atoms with Crippen LogP contribution in [0.5, 0.6) is 0 Å². The zero-order valence-electron chi connectivity index (χ0n) is 10.6. The number of carbonyl (C=O) groups is 1. The van der Waals surface area contributed by atoms with Crippen LogP contribution in [-0.4, -0.2) is 10.7 Å². The lowest BCUT2D eigenvalue weighted by Gasteiger charge is -2.06. The van der Waals surface area contributed by atoms with E-state index < -0.39 is 6.09 Å². The van der Waals surface area contributed by atoms with Crippen LogP contribution in [-0.2, 0) is 11.3 Å². The molecule has 4 nitrogen and oxygen atoms in total. The highest BCUT2D eigenvalue weighted by Gasteiger charge is 2.13. The Morgan fingerprint density at radius 3 is 2.60 bits per heavy atom. The van der Waals surface area contributed by atoms with Crippen molar-refractivity contribution in [1.82, 2.24) is 4.57 Å². The standard InChI is InChI=1S/C15H12N2O2S/c16-14-17(12-8-4-5-9-13(12)20-14)15(18)19-10-11-6-2-1-3-7-11/h1-9,16H,10H2. The minimum atomic E-state index is -0.517. The van der Waals surface area contributed by atoms with Crippen LogP contribution in [0.4, 0.5) is 4.79 Å². The normalized spacial score (nSPS) is 10.6. The van der Waals surface area contributed by atoms with Gasteiger partial charge in [0.05, 0.1) is 10.2 Å². The zero-order valence-corrected chi connectivity index (χ0v) is 11.4. The molecule has 0 aliphatic carbocycles. The van der Waals surface area contributed by atoms with Crippen LogP contribution >= 0.6 is 11.3 Å². The fourth-order valence-electron chi connectivity index (χ4n) is 1.95. The maximum Gasteiger partial charge on any atom is 0.421 e. The number of carbonyl (C=O) groups excluding carboxylic acids is 1.